The summed E-state index contributed by atoms with van der Waals surface area (Å²) in [5.41, 5.74) is 1.79. The number of carbonyl (C=O) groups is 5. The van der Waals surface area contributed by atoms with Crippen molar-refractivity contribution >= 4 is 52.8 Å². The lowest BCUT2D eigenvalue weighted by molar-refractivity contribution is -0.146. The van der Waals surface area contributed by atoms with Crippen LogP contribution in [0.25, 0.3) is 23.1 Å². The van der Waals surface area contributed by atoms with E-state index in [-0.39, 0.29) is 24.7 Å². The molecule has 0 saturated carbocycles. The number of nitrogens with one attached hydrogen (secondary N) is 3. The van der Waals surface area contributed by atoms with Gasteiger partial charge in [0, 0.05) is 18.7 Å². The Kier molecular flexibility index (Phi) is 13.9. The number of aromatic nitrogens is 1. The van der Waals surface area contributed by atoms with Crippen LogP contribution in [0.2, 0.25) is 0 Å². The summed E-state index contributed by atoms with van der Waals surface area (Å²) < 4.78 is 12.2. The molecule has 1 aromatic heterocycles. The van der Waals surface area contributed by atoms with Gasteiger partial charge in [-0.1, -0.05) is 82.3 Å². The smallest absolute Gasteiger partial charge is 0.419 e. The van der Waals surface area contributed by atoms with Crippen LogP contribution in [0.15, 0.2) is 54.6 Å². The Labute approximate surface area is 295 Å². The van der Waals surface area contributed by atoms with Gasteiger partial charge < -0.3 is 25.4 Å². The standard InChI is InChI=1S/C39H52N4O7/c1-24(2)21-30(35(45)42-32(22-25(3)4)37(47)49-9)41-36(46)31(40-26(5)44)23-29-28-17-13-14-18-33(28)43(38(48)50-39(6,7)8)34(29)20-19-27-15-11-10-12-16-27/h10-20,24-25,30-32H,21-23H2,1-9H3,(H,40,44)(H,41,46)(H,42,45)/b20-19+/t30-,31-,32-/m0/s1. The van der Waals surface area contributed by atoms with Gasteiger partial charge in [-0.25, -0.2) is 14.2 Å². The zero-order valence-electron chi connectivity index (χ0n) is 30.7. The molecule has 0 radical (unpaired) electrons. The largest absolute Gasteiger partial charge is 0.467 e. The van der Waals surface area contributed by atoms with Gasteiger partial charge in [-0.05, 0) is 68.7 Å². The number of benzene rings is 2. The average molecular weight is 689 g/mol. The molecular weight excluding hydrogens is 636 g/mol. The Morgan fingerprint density at radius 1 is 0.760 bits per heavy atom. The van der Waals surface area contributed by atoms with Crippen LogP contribution in [-0.4, -0.2) is 65.2 Å². The molecule has 3 N–H and O–H groups in total. The summed E-state index contributed by atoms with van der Waals surface area (Å²) in [7, 11) is 1.26. The Morgan fingerprint density at radius 2 is 1.32 bits per heavy atom. The molecule has 0 fully saturated rings. The molecule has 0 spiro atoms. The third kappa shape index (κ3) is 11.3. The van der Waals surface area contributed by atoms with E-state index in [1.807, 2.05) is 82.3 Å². The van der Waals surface area contributed by atoms with E-state index >= 15 is 0 Å². The molecule has 3 rings (SSSR count). The fraction of sp³-hybridized carbons (Fsp3) is 0.462. The van der Waals surface area contributed by atoms with Gasteiger partial charge in [-0.3, -0.25) is 14.4 Å². The highest BCUT2D eigenvalue weighted by atomic mass is 16.6. The van der Waals surface area contributed by atoms with Crippen molar-refractivity contribution in [3.63, 3.8) is 0 Å². The third-order valence-corrected chi connectivity index (χ3v) is 7.78. The number of carbonyl (C=O) groups excluding carboxylic acids is 5. The molecule has 11 nitrogen and oxygen atoms in total. The number of ether oxygens (including phenoxy) is 2. The molecule has 3 aromatic rings. The molecule has 3 atom stereocenters. The number of amides is 3. The number of fused-ring (bicyclic) bond motifs is 1. The highest BCUT2D eigenvalue weighted by Gasteiger charge is 2.32. The number of hydrogen-bond donors (Lipinski definition) is 3. The predicted molar refractivity (Wildman–Crippen MR) is 195 cm³/mol. The molecular formula is C39H52N4O7. The summed E-state index contributed by atoms with van der Waals surface area (Å²) in [6, 6.07) is 13.9. The van der Waals surface area contributed by atoms with E-state index < -0.39 is 53.5 Å². The lowest BCUT2D eigenvalue weighted by Crippen LogP contribution is -2.56. The van der Waals surface area contributed by atoms with Crippen molar-refractivity contribution in [1.82, 2.24) is 20.5 Å². The van der Waals surface area contributed by atoms with Crippen LogP contribution in [0.4, 0.5) is 4.79 Å². The first kappa shape index (κ1) is 39.5. The van der Waals surface area contributed by atoms with Crippen LogP contribution in [-0.2, 0) is 35.1 Å². The Morgan fingerprint density at radius 3 is 1.90 bits per heavy atom. The van der Waals surface area contributed by atoms with Gasteiger partial charge in [0.2, 0.25) is 17.7 Å². The first-order valence-electron chi connectivity index (χ1n) is 17.0. The average Bonchev–Trinajstić information content (AvgIpc) is 3.34. The van der Waals surface area contributed by atoms with Crippen LogP contribution in [0, 0.1) is 11.8 Å². The molecule has 50 heavy (non-hydrogen) atoms. The van der Waals surface area contributed by atoms with E-state index in [4.69, 9.17) is 9.47 Å². The quantitative estimate of drug-likeness (QED) is 0.180. The zero-order valence-corrected chi connectivity index (χ0v) is 30.7. The van der Waals surface area contributed by atoms with Gasteiger partial charge >= 0.3 is 12.1 Å². The second-order valence-corrected chi connectivity index (χ2v) is 14.3. The normalized spacial score (nSPS) is 13.6. The monoisotopic (exact) mass is 688 g/mol. The number of hydrogen-bond acceptors (Lipinski definition) is 7. The lowest BCUT2D eigenvalue weighted by atomic mass is 9.98. The highest BCUT2D eigenvalue weighted by molar-refractivity contribution is 5.99. The van der Waals surface area contributed by atoms with Gasteiger partial charge in [-0.2, -0.15) is 0 Å². The van der Waals surface area contributed by atoms with Gasteiger partial charge in [0.05, 0.1) is 18.3 Å². The second kappa shape index (κ2) is 17.6. The number of methoxy groups -OCH3 is 1. The fourth-order valence-electron chi connectivity index (χ4n) is 5.69. The first-order chi connectivity index (χ1) is 23.5. The molecule has 0 unspecified atom stereocenters. The van der Waals surface area contributed by atoms with Crippen molar-refractivity contribution in [2.24, 2.45) is 11.8 Å². The highest BCUT2D eigenvalue weighted by Crippen LogP contribution is 2.30. The Balaban J connectivity index is 2.09. The van der Waals surface area contributed by atoms with Crippen molar-refractivity contribution in [2.75, 3.05) is 7.11 Å². The first-order valence-corrected chi connectivity index (χ1v) is 17.0. The van der Waals surface area contributed by atoms with Crippen molar-refractivity contribution in [3.8, 4) is 0 Å². The van der Waals surface area contributed by atoms with Crippen molar-refractivity contribution < 1.29 is 33.4 Å². The van der Waals surface area contributed by atoms with Gasteiger partial charge in [0.25, 0.3) is 0 Å². The molecule has 0 saturated heterocycles. The minimum atomic E-state index is -1.12. The fourth-order valence-corrected chi connectivity index (χ4v) is 5.69. The topological polar surface area (TPSA) is 145 Å². The summed E-state index contributed by atoms with van der Waals surface area (Å²) in [4.78, 5) is 66.4. The van der Waals surface area contributed by atoms with Crippen molar-refractivity contribution in [2.45, 2.75) is 98.4 Å². The molecule has 0 aliphatic rings. The van der Waals surface area contributed by atoms with Crippen molar-refractivity contribution in [3.05, 3.63) is 71.4 Å². The minimum Gasteiger partial charge on any atom is -0.467 e. The maximum absolute atomic E-state index is 14.1. The van der Waals surface area contributed by atoms with E-state index in [1.54, 1.807) is 32.9 Å². The summed E-state index contributed by atoms with van der Waals surface area (Å²) >= 11 is 0. The van der Waals surface area contributed by atoms with E-state index in [2.05, 4.69) is 16.0 Å². The number of para-hydroxylation sites is 1. The molecule has 1 heterocycles. The third-order valence-electron chi connectivity index (χ3n) is 7.78. The van der Waals surface area contributed by atoms with E-state index in [0.717, 1.165) is 5.56 Å². The zero-order chi connectivity index (χ0) is 37.2. The molecule has 270 valence electrons. The molecule has 0 bridgehead atoms. The minimum absolute atomic E-state index is 0.00784. The van der Waals surface area contributed by atoms with E-state index in [0.29, 0.717) is 28.6 Å². The van der Waals surface area contributed by atoms with E-state index in [1.165, 1.54) is 18.6 Å². The van der Waals surface area contributed by atoms with Crippen LogP contribution in [0.1, 0.15) is 85.1 Å². The molecule has 0 aliphatic carbocycles. The van der Waals surface area contributed by atoms with Gasteiger partial charge in [0.1, 0.15) is 23.7 Å². The molecule has 11 heteroatoms. The SMILES string of the molecule is COC(=O)[C@H](CC(C)C)NC(=O)[C@H](CC(C)C)NC(=O)[C@H](Cc1c(/C=C/c2ccccc2)n(C(=O)OC(C)(C)C)c2ccccc12)NC(C)=O. The maximum Gasteiger partial charge on any atom is 0.419 e. The molecule has 3 amide bonds. The molecule has 2 aromatic carbocycles. The number of esters is 1. The number of nitrogens with zero attached hydrogens (tertiary/aromatic N) is 1. The second-order valence-electron chi connectivity index (χ2n) is 14.3. The van der Waals surface area contributed by atoms with Crippen LogP contribution in [0.5, 0.6) is 0 Å². The van der Waals surface area contributed by atoms with Gasteiger partial charge in [-0.15, -0.1) is 0 Å². The summed E-state index contributed by atoms with van der Waals surface area (Å²) in [5.74, 6) is -2.04. The van der Waals surface area contributed by atoms with E-state index in [9.17, 15) is 24.0 Å². The van der Waals surface area contributed by atoms with Gasteiger partial charge in [0.15, 0.2) is 0 Å². The maximum atomic E-state index is 14.1. The summed E-state index contributed by atoms with van der Waals surface area (Å²) in [5, 5.41) is 9.05. The summed E-state index contributed by atoms with van der Waals surface area (Å²) in [6.07, 6.45) is 3.70. The van der Waals surface area contributed by atoms with Crippen molar-refractivity contribution in [1.29, 1.82) is 0 Å². The Bertz CT molecular complexity index is 1690. The van der Waals surface area contributed by atoms with Crippen LogP contribution < -0.4 is 16.0 Å². The summed E-state index contributed by atoms with van der Waals surface area (Å²) in [6.45, 7) is 14.4. The van der Waals surface area contributed by atoms with Crippen LogP contribution >= 0.6 is 0 Å². The van der Waals surface area contributed by atoms with Crippen LogP contribution in [0.3, 0.4) is 0 Å². The lowest BCUT2D eigenvalue weighted by Gasteiger charge is -2.26. The Hall–Kier alpha value is -4.93. The predicted octanol–water partition coefficient (Wildman–Crippen LogP) is 5.88. The molecule has 0 aliphatic heterocycles. The number of rotatable bonds is 14.